The maximum absolute atomic E-state index is 4.82. The fourth-order valence-electron chi connectivity index (χ4n) is 0.407. The molecule has 1 fully saturated rings. The second kappa shape index (κ2) is 6.10. The van der Waals surface area contributed by atoms with E-state index in [1.54, 1.807) is 0 Å². The molecular formula is C4H7ClMgO2. The molecule has 0 bridgehead atoms. The van der Waals surface area contributed by atoms with Gasteiger partial charge < -0.3 is 21.9 Å². The van der Waals surface area contributed by atoms with E-state index in [4.69, 9.17) is 9.47 Å². The van der Waals surface area contributed by atoms with Gasteiger partial charge in [0.15, 0.2) is 0 Å². The molecule has 2 nitrogen and oxygen atoms in total. The second-order valence-corrected chi connectivity index (χ2v) is 1.17. The number of rotatable bonds is 0. The van der Waals surface area contributed by atoms with E-state index in [0.717, 1.165) is 0 Å². The van der Waals surface area contributed by atoms with E-state index >= 15 is 0 Å². The Hall–Kier alpha value is 0.976. The molecule has 0 spiro atoms. The van der Waals surface area contributed by atoms with Crippen molar-refractivity contribution in [3.63, 3.8) is 0 Å². The van der Waals surface area contributed by atoms with Gasteiger partial charge in [-0.2, -0.15) is 0 Å². The first-order valence-corrected chi connectivity index (χ1v) is 1.96. The molecular weight excluding hydrogens is 140 g/mol. The molecule has 1 rings (SSSR count). The first kappa shape index (κ1) is 11.7. The van der Waals surface area contributed by atoms with Crippen molar-refractivity contribution < 1.29 is 21.9 Å². The summed E-state index contributed by atoms with van der Waals surface area (Å²) in [5.41, 5.74) is 0. The molecule has 4 heteroatoms. The van der Waals surface area contributed by atoms with Gasteiger partial charge in [-0.05, 0) is 0 Å². The average molecular weight is 147 g/mol. The Kier molecular flexibility index (Phi) is 8.95. The molecule has 1 saturated heterocycles. The number of halogens is 1. The summed E-state index contributed by atoms with van der Waals surface area (Å²) in [6.07, 6.45) is -0.204. The first-order valence-electron chi connectivity index (χ1n) is 1.96. The van der Waals surface area contributed by atoms with E-state index in [1.165, 1.54) is 0 Å². The van der Waals surface area contributed by atoms with Crippen LogP contribution in [0.5, 0.6) is 0 Å². The van der Waals surface area contributed by atoms with Crippen LogP contribution in [0.25, 0.3) is 0 Å². The molecule has 0 aromatic heterocycles. The summed E-state index contributed by atoms with van der Waals surface area (Å²) in [5, 5.41) is 0. The maximum Gasteiger partial charge on any atom is 2.00 e. The zero-order valence-corrected chi connectivity index (χ0v) is 6.77. The van der Waals surface area contributed by atoms with Gasteiger partial charge in [0.05, 0.1) is 13.2 Å². The van der Waals surface area contributed by atoms with Crippen LogP contribution in [0.15, 0.2) is 0 Å². The minimum absolute atomic E-state index is 0. The average Bonchev–Trinajstić information content (AvgIpc) is 1.86. The summed E-state index contributed by atoms with van der Waals surface area (Å²) in [6, 6.07) is 0. The van der Waals surface area contributed by atoms with Gasteiger partial charge in [-0.25, -0.2) is 0 Å². The van der Waals surface area contributed by atoms with Crippen molar-refractivity contribution in [1.82, 2.24) is 0 Å². The van der Waals surface area contributed by atoms with Gasteiger partial charge in [0, 0.05) is 6.29 Å². The molecule has 0 aliphatic carbocycles. The van der Waals surface area contributed by atoms with E-state index in [-0.39, 0.29) is 41.7 Å². The summed E-state index contributed by atoms with van der Waals surface area (Å²) in [7, 11) is 0. The van der Waals surface area contributed by atoms with Gasteiger partial charge in [0.1, 0.15) is 0 Å². The second-order valence-electron chi connectivity index (χ2n) is 1.17. The fourth-order valence-corrected chi connectivity index (χ4v) is 0.407. The van der Waals surface area contributed by atoms with Crippen LogP contribution in [0.1, 0.15) is 0 Å². The van der Waals surface area contributed by atoms with Crippen molar-refractivity contribution in [2.24, 2.45) is 0 Å². The number of hydrogen-bond donors (Lipinski definition) is 0. The van der Waals surface area contributed by atoms with Crippen LogP contribution in [0, 0.1) is 6.92 Å². The van der Waals surface area contributed by atoms with Crippen LogP contribution in [0.2, 0.25) is 0 Å². The standard InChI is InChI=1S/C4H7O2.ClH.Mg/c1-4-5-2-3-6-4;;/h4H,1-3H2;1H;/q-1;;+2/p-1. The minimum Gasteiger partial charge on any atom is -1.00 e. The third-order valence-electron chi connectivity index (χ3n) is 0.691. The third kappa shape index (κ3) is 3.92. The summed E-state index contributed by atoms with van der Waals surface area (Å²) in [5.74, 6) is 0. The van der Waals surface area contributed by atoms with Gasteiger partial charge in [0.25, 0.3) is 0 Å². The predicted octanol–water partition coefficient (Wildman–Crippen LogP) is -3.18. The first-order chi connectivity index (χ1) is 2.89. The normalized spacial score (nSPS) is 19.1. The van der Waals surface area contributed by atoms with E-state index in [9.17, 15) is 0 Å². The Bertz CT molecular complexity index is 47.3. The van der Waals surface area contributed by atoms with Crippen LogP contribution in [0.4, 0.5) is 0 Å². The Morgan fingerprint density at radius 3 is 1.75 bits per heavy atom. The van der Waals surface area contributed by atoms with E-state index in [0.29, 0.717) is 13.2 Å². The molecule has 0 N–H and O–H groups in total. The number of ether oxygens (including phenoxy) is 2. The van der Waals surface area contributed by atoms with Crippen molar-refractivity contribution in [1.29, 1.82) is 0 Å². The van der Waals surface area contributed by atoms with Crippen molar-refractivity contribution in [3.8, 4) is 0 Å². The Balaban J connectivity index is 0. The molecule has 0 saturated carbocycles. The van der Waals surface area contributed by atoms with Crippen LogP contribution in [-0.2, 0) is 9.47 Å². The third-order valence-corrected chi connectivity index (χ3v) is 0.691. The van der Waals surface area contributed by atoms with Crippen LogP contribution in [0.3, 0.4) is 0 Å². The van der Waals surface area contributed by atoms with Crippen molar-refractivity contribution in [2.75, 3.05) is 13.2 Å². The molecule has 0 aromatic rings. The number of hydrogen-bond acceptors (Lipinski definition) is 2. The maximum atomic E-state index is 4.82. The molecule has 8 heavy (non-hydrogen) atoms. The zero-order chi connectivity index (χ0) is 4.41. The molecule has 0 unspecified atom stereocenters. The Morgan fingerprint density at radius 2 is 1.62 bits per heavy atom. The quantitative estimate of drug-likeness (QED) is 0.265. The van der Waals surface area contributed by atoms with Crippen LogP contribution >= 0.6 is 0 Å². The summed E-state index contributed by atoms with van der Waals surface area (Å²) >= 11 is 0. The summed E-state index contributed by atoms with van der Waals surface area (Å²) in [4.78, 5) is 0. The Morgan fingerprint density at radius 1 is 1.25 bits per heavy atom. The van der Waals surface area contributed by atoms with Gasteiger partial charge in [-0.15, -0.1) is 0 Å². The van der Waals surface area contributed by atoms with Crippen molar-refractivity contribution in [2.45, 2.75) is 6.29 Å². The molecule has 0 aromatic carbocycles. The summed E-state index contributed by atoms with van der Waals surface area (Å²) in [6.45, 7) is 4.90. The molecule has 1 heterocycles. The molecule has 0 atom stereocenters. The minimum atomic E-state index is -0.204. The van der Waals surface area contributed by atoms with E-state index in [1.807, 2.05) is 0 Å². The zero-order valence-electron chi connectivity index (χ0n) is 4.60. The topological polar surface area (TPSA) is 18.5 Å². The summed E-state index contributed by atoms with van der Waals surface area (Å²) < 4.78 is 9.64. The van der Waals surface area contributed by atoms with E-state index in [2.05, 4.69) is 6.92 Å². The predicted molar refractivity (Wildman–Crippen MR) is 26.8 cm³/mol. The monoisotopic (exact) mass is 146 g/mol. The SMILES string of the molecule is [CH2-]C1OCCO1.[Cl-].[Mg+2]. The molecule has 0 radical (unpaired) electrons. The van der Waals surface area contributed by atoms with E-state index < -0.39 is 0 Å². The smallest absolute Gasteiger partial charge is 1.00 e. The molecule has 0 amide bonds. The largest absolute Gasteiger partial charge is 2.00 e. The van der Waals surface area contributed by atoms with Crippen LogP contribution < -0.4 is 12.4 Å². The van der Waals surface area contributed by atoms with Crippen molar-refractivity contribution >= 4 is 23.1 Å². The molecule has 44 valence electrons. The van der Waals surface area contributed by atoms with Gasteiger partial charge in [-0.1, -0.05) is 0 Å². The van der Waals surface area contributed by atoms with Crippen molar-refractivity contribution in [3.05, 3.63) is 6.92 Å². The molecule has 1 aliphatic heterocycles. The van der Waals surface area contributed by atoms with Gasteiger partial charge >= 0.3 is 23.1 Å². The van der Waals surface area contributed by atoms with Gasteiger partial charge in [-0.3, -0.25) is 6.92 Å². The molecule has 1 aliphatic rings. The Labute approximate surface area is 71.5 Å². The van der Waals surface area contributed by atoms with Crippen LogP contribution in [-0.4, -0.2) is 42.6 Å². The van der Waals surface area contributed by atoms with Gasteiger partial charge in [0.2, 0.25) is 0 Å². The fraction of sp³-hybridized carbons (Fsp3) is 0.750.